The summed E-state index contributed by atoms with van der Waals surface area (Å²) in [6.45, 7) is 2.11. The highest BCUT2D eigenvalue weighted by Gasteiger charge is 2.33. The van der Waals surface area contributed by atoms with Crippen LogP contribution in [0.5, 0.6) is 0 Å². The van der Waals surface area contributed by atoms with Crippen LogP contribution in [0.3, 0.4) is 0 Å². The van der Waals surface area contributed by atoms with Gasteiger partial charge in [0.15, 0.2) is 5.78 Å². The van der Waals surface area contributed by atoms with Gasteiger partial charge in [-0.2, -0.15) is 0 Å². The van der Waals surface area contributed by atoms with E-state index in [9.17, 15) is 9.00 Å². The average molecular weight is 305 g/mol. The second-order valence-corrected chi connectivity index (χ2v) is 7.18. The molecule has 0 aromatic heterocycles. The van der Waals surface area contributed by atoms with Gasteiger partial charge in [0.05, 0.1) is 21.4 Å². The van der Waals surface area contributed by atoms with Gasteiger partial charge < -0.3 is 4.90 Å². The van der Waals surface area contributed by atoms with Gasteiger partial charge in [-0.15, -0.1) is 0 Å². The zero-order valence-electron chi connectivity index (χ0n) is 13.0. The van der Waals surface area contributed by atoms with Gasteiger partial charge in [0, 0.05) is 14.1 Å². The standard InChI is InChI=1S/C17H23NO2S/c1-4-5-8-13-11-12-16(17(13)19)21(20)15-10-7-6-9-14(15)18(2)3/h6-7,9-11,16H,4-5,8,12H2,1-3H3/t16-,21?/m0/s1. The summed E-state index contributed by atoms with van der Waals surface area (Å²) >= 11 is 0. The van der Waals surface area contributed by atoms with Gasteiger partial charge in [0.25, 0.3) is 0 Å². The molecule has 0 radical (unpaired) electrons. The lowest BCUT2D eigenvalue weighted by Crippen LogP contribution is -2.24. The lowest BCUT2D eigenvalue weighted by molar-refractivity contribution is -0.114. The zero-order chi connectivity index (χ0) is 15.4. The quantitative estimate of drug-likeness (QED) is 0.809. The number of allylic oxidation sites excluding steroid dienone is 2. The van der Waals surface area contributed by atoms with Crippen LogP contribution < -0.4 is 4.90 Å². The number of carbonyl (C=O) groups is 1. The average Bonchev–Trinajstić information content (AvgIpc) is 2.85. The maximum Gasteiger partial charge on any atom is 0.174 e. The van der Waals surface area contributed by atoms with E-state index in [0.29, 0.717) is 6.42 Å². The number of carbonyl (C=O) groups excluding carboxylic acids is 1. The summed E-state index contributed by atoms with van der Waals surface area (Å²) in [6.07, 6.45) is 5.50. The van der Waals surface area contributed by atoms with Crippen molar-refractivity contribution in [3.63, 3.8) is 0 Å². The Morgan fingerprint density at radius 2 is 2.00 bits per heavy atom. The second-order valence-electron chi connectivity index (χ2n) is 5.58. The van der Waals surface area contributed by atoms with E-state index in [1.54, 1.807) is 0 Å². The number of hydrogen-bond acceptors (Lipinski definition) is 3. The van der Waals surface area contributed by atoms with E-state index in [4.69, 9.17) is 0 Å². The summed E-state index contributed by atoms with van der Waals surface area (Å²) in [5.74, 6) is 0.0790. The first-order valence-corrected chi connectivity index (χ1v) is 8.67. The van der Waals surface area contributed by atoms with Crippen LogP contribution in [0.15, 0.2) is 40.8 Å². The molecule has 0 heterocycles. The second kappa shape index (κ2) is 7.03. The molecule has 114 valence electrons. The third-order valence-corrected chi connectivity index (χ3v) is 5.51. The molecule has 1 aliphatic carbocycles. The summed E-state index contributed by atoms with van der Waals surface area (Å²) in [5, 5.41) is -0.405. The number of ketones is 1. The van der Waals surface area contributed by atoms with Crippen molar-refractivity contribution in [1.82, 2.24) is 0 Å². The molecule has 3 nitrogen and oxygen atoms in total. The van der Waals surface area contributed by atoms with E-state index in [1.165, 1.54) is 0 Å². The molecular weight excluding hydrogens is 282 g/mol. The van der Waals surface area contributed by atoms with Crippen LogP contribution in [-0.2, 0) is 15.6 Å². The Kier molecular flexibility index (Phi) is 5.34. The molecule has 0 N–H and O–H groups in total. The maximum absolute atomic E-state index is 12.8. The van der Waals surface area contributed by atoms with Crippen LogP contribution in [-0.4, -0.2) is 29.3 Å². The van der Waals surface area contributed by atoms with E-state index < -0.39 is 16.0 Å². The van der Waals surface area contributed by atoms with Crippen LogP contribution in [0.1, 0.15) is 32.6 Å². The third kappa shape index (κ3) is 3.43. The molecule has 1 aromatic rings. The van der Waals surface area contributed by atoms with Crippen molar-refractivity contribution in [1.29, 1.82) is 0 Å². The number of hydrogen-bond donors (Lipinski definition) is 0. The molecule has 0 saturated heterocycles. The number of unbranched alkanes of at least 4 members (excludes halogenated alkanes) is 1. The first kappa shape index (κ1) is 16.0. The Morgan fingerprint density at radius 3 is 2.67 bits per heavy atom. The van der Waals surface area contributed by atoms with Gasteiger partial charge in [0.1, 0.15) is 5.25 Å². The Balaban J connectivity index is 2.18. The van der Waals surface area contributed by atoms with Crippen molar-refractivity contribution in [2.75, 3.05) is 19.0 Å². The largest absolute Gasteiger partial charge is 0.377 e. The van der Waals surface area contributed by atoms with Crippen LogP contribution in [0.25, 0.3) is 0 Å². The molecule has 1 unspecified atom stereocenters. The molecule has 0 amide bonds. The minimum Gasteiger partial charge on any atom is -0.377 e. The van der Waals surface area contributed by atoms with E-state index in [0.717, 1.165) is 35.4 Å². The fourth-order valence-corrected chi connectivity index (χ4v) is 4.18. The number of nitrogens with zero attached hydrogens (tertiary/aromatic N) is 1. The van der Waals surface area contributed by atoms with E-state index in [1.807, 2.05) is 49.3 Å². The summed E-state index contributed by atoms with van der Waals surface area (Å²) in [7, 11) is 2.57. The van der Waals surface area contributed by atoms with Gasteiger partial charge in [-0.25, -0.2) is 0 Å². The van der Waals surface area contributed by atoms with Crippen LogP contribution in [0.2, 0.25) is 0 Å². The molecular formula is C17H23NO2S. The van der Waals surface area contributed by atoms with Crippen molar-refractivity contribution < 1.29 is 9.00 Å². The lowest BCUT2D eigenvalue weighted by atomic mass is 10.1. The Morgan fingerprint density at radius 1 is 1.29 bits per heavy atom. The van der Waals surface area contributed by atoms with E-state index >= 15 is 0 Å². The van der Waals surface area contributed by atoms with Crippen LogP contribution >= 0.6 is 0 Å². The van der Waals surface area contributed by atoms with Gasteiger partial charge >= 0.3 is 0 Å². The molecule has 0 fully saturated rings. The van der Waals surface area contributed by atoms with Crippen molar-refractivity contribution in [3.05, 3.63) is 35.9 Å². The first-order valence-electron chi connectivity index (χ1n) is 7.46. The summed E-state index contributed by atoms with van der Waals surface area (Å²) < 4.78 is 12.8. The number of benzene rings is 1. The lowest BCUT2D eigenvalue weighted by Gasteiger charge is -2.18. The number of para-hydroxylation sites is 1. The minimum absolute atomic E-state index is 0.0790. The number of rotatable bonds is 6. The summed E-state index contributed by atoms with van der Waals surface area (Å²) in [4.78, 5) is 15.1. The number of anilines is 1. The molecule has 21 heavy (non-hydrogen) atoms. The monoisotopic (exact) mass is 305 g/mol. The Labute approximate surface area is 129 Å². The van der Waals surface area contributed by atoms with E-state index in [-0.39, 0.29) is 5.78 Å². The summed E-state index contributed by atoms with van der Waals surface area (Å²) in [5.41, 5.74) is 1.79. The molecule has 0 bridgehead atoms. The molecule has 0 saturated carbocycles. The Bertz CT molecular complexity index is 578. The first-order chi connectivity index (χ1) is 10.1. The smallest absolute Gasteiger partial charge is 0.174 e. The molecule has 1 aliphatic rings. The highest BCUT2D eigenvalue weighted by Crippen LogP contribution is 2.30. The molecule has 0 aliphatic heterocycles. The fraction of sp³-hybridized carbons (Fsp3) is 0.471. The molecule has 2 rings (SSSR count). The van der Waals surface area contributed by atoms with Crippen molar-refractivity contribution >= 4 is 22.3 Å². The minimum atomic E-state index is -1.29. The molecule has 1 aromatic carbocycles. The number of Topliss-reactive ketones (excluding diaryl/α,β-unsaturated/α-hetero) is 1. The highest BCUT2D eigenvalue weighted by molar-refractivity contribution is 7.86. The van der Waals surface area contributed by atoms with E-state index in [2.05, 4.69) is 6.92 Å². The molecule has 4 heteroatoms. The summed E-state index contributed by atoms with van der Waals surface area (Å²) in [6, 6.07) is 7.61. The predicted molar refractivity (Wildman–Crippen MR) is 88.2 cm³/mol. The van der Waals surface area contributed by atoms with Crippen LogP contribution in [0, 0.1) is 0 Å². The van der Waals surface area contributed by atoms with Crippen LogP contribution in [0.4, 0.5) is 5.69 Å². The highest BCUT2D eigenvalue weighted by atomic mass is 32.2. The van der Waals surface area contributed by atoms with Gasteiger partial charge in [0.2, 0.25) is 0 Å². The molecule has 2 atom stereocenters. The predicted octanol–water partition coefficient (Wildman–Crippen LogP) is 3.32. The van der Waals surface area contributed by atoms with Gasteiger partial charge in [-0.1, -0.05) is 31.6 Å². The normalized spacial score (nSPS) is 19.5. The zero-order valence-corrected chi connectivity index (χ0v) is 13.8. The fourth-order valence-electron chi connectivity index (χ4n) is 2.59. The van der Waals surface area contributed by atoms with Crippen molar-refractivity contribution in [3.8, 4) is 0 Å². The topological polar surface area (TPSA) is 37.4 Å². The van der Waals surface area contributed by atoms with Gasteiger partial charge in [-0.3, -0.25) is 9.00 Å². The maximum atomic E-state index is 12.8. The SMILES string of the molecule is CCCCC1=CC[C@H](S(=O)c2ccccc2N(C)C)C1=O. The third-order valence-electron chi connectivity index (χ3n) is 3.81. The molecule has 0 spiro atoms. The van der Waals surface area contributed by atoms with Crippen molar-refractivity contribution in [2.45, 2.75) is 42.8 Å². The Hall–Kier alpha value is -1.42. The van der Waals surface area contributed by atoms with Gasteiger partial charge in [-0.05, 0) is 37.0 Å². The van der Waals surface area contributed by atoms with Crippen molar-refractivity contribution in [2.24, 2.45) is 0 Å².